The lowest BCUT2D eigenvalue weighted by molar-refractivity contribution is -0.137. The number of rotatable bonds is 4. The number of benzene rings is 1. The average Bonchev–Trinajstić information content (AvgIpc) is 2.52. The van der Waals surface area contributed by atoms with Gasteiger partial charge in [-0.1, -0.05) is 11.6 Å². The van der Waals surface area contributed by atoms with Crippen molar-refractivity contribution >= 4 is 17.3 Å². The zero-order valence-electron chi connectivity index (χ0n) is 12.6. The molecule has 8 heteroatoms. The molecule has 0 aliphatic rings. The molecule has 4 nitrogen and oxygen atoms in total. The summed E-state index contributed by atoms with van der Waals surface area (Å²) >= 11 is 6.11. The van der Waals surface area contributed by atoms with Gasteiger partial charge in [0.05, 0.1) is 23.1 Å². The summed E-state index contributed by atoms with van der Waals surface area (Å²) in [5, 5.41) is 4.00. The van der Waals surface area contributed by atoms with Crippen LogP contribution in [0.3, 0.4) is 0 Å². The topological polar surface area (TPSA) is 38.1 Å². The summed E-state index contributed by atoms with van der Waals surface area (Å²) in [5.74, 6) is 0. The molecule has 124 valence electrons. The molecule has 2 aromatic rings. The van der Waals surface area contributed by atoms with Crippen molar-refractivity contribution in [2.45, 2.75) is 20.0 Å². The van der Waals surface area contributed by atoms with Gasteiger partial charge in [-0.3, -0.25) is 4.79 Å². The van der Waals surface area contributed by atoms with Crippen LogP contribution in [-0.4, -0.2) is 22.9 Å². The van der Waals surface area contributed by atoms with E-state index in [1.807, 2.05) is 18.7 Å². The first kappa shape index (κ1) is 17.3. The minimum absolute atomic E-state index is 0.0106. The molecule has 0 fully saturated rings. The molecule has 2 rings (SSSR count). The first-order valence-corrected chi connectivity index (χ1v) is 7.37. The van der Waals surface area contributed by atoms with Gasteiger partial charge in [-0.2, -0.15) is 23.0 Å². The minimum atomic E-state index is -4.43. The highest BCUT2D eigenvalue weighted by molar-refractivity contribution is 6.33. The third kappa shape index (κ3) is 3.50. The third-order valence-corrected chi connectivity index (χ3v) is 3.80. The molecule has 1 aromatic carbocycles. The van der Waals surface area contributed by atoms with Crippen LogP contribution in [0.1, 0.15) is 19.4 Å². The quantitative estimate of drug-likeness (QED) is 0.847. The zero-order valence-corrected chi connectivity index (χ0v) is 13.3. The first-order chi connectivity index (χ1) is 10.8. The van der Waals surface area contributed by atoms with Gasteiger partial charge in [0, 0.05) is 13.1 Å². The van der Waals surface area contributed by atoms with Crippen LogP contribution in [0.15, 0.2) is 35.3 Å². The van der Waals surface area contributed by atoms with E-state index < -0.39 is 17.3 Å². The van der Waals surface area contributed by atoms with Crippen LogP contribution in [0, 0.1) is 0 Å². The van der Waals surface area contributed by atoms with E-state index in [0.717, 1.165) is 16.8 Å². The van der Waals surface area contributed by atoms with E-state index in [0.29, 0.717) is 18.8 Å². The van der Waals surface area contributed by atoms with Gasteiger partial charge in [0.2, 0.25) is 0 Å². The van der Waals surface area contributed by atoms with E-state index >= 15 is 0 Å². The van der Waals surface area contributed by atoms with E-state index in [1.165, 1.54) is 18.3 Å². The maximum absolute atomic E-state index is 12.6. The first-order valence-electron chi connectivity index (χ1n) is 7.00. The van der Waals surface area contributed by atoms with Gasteiger partial charge in [-0.05, 0) is 38.1 Å². The molecule has 0 spiro atoms. The van der Waals surface area contributed by atoms with Crippen molar-refractivity contribution in [1.29, 1.82) is 0 Å². The van der Waals surface area contributed by atoms with Gasteiger partial charge >= 0.3 is 6.18 Å². The Morgan fingerprint density at radius 1 is 1.17 bits per heavy atom. The molecule has 0 N–H and O–H groups in total. The fraction of sp³-hybridized carbons (Fsp3) is 0.333. The molecule has 1 heterocycles. The fourth-order valence-corrected chi connectivity index (χ4v) is 2.43. The highest BCUT2D eigenvalue weighted by Crippen LogP contribution is 2.29. The average molecular weight is 346 g/mol. The van der Waals surface area contributed by atoms with Gasteiger partial charge in [0.1, 0.15) is 5.02 Å². The van der Waals surface area contributed by atoms with E-state index in [4.69, 9.17) is 11.6 Å². The molecule has 0 aliphatic heterocycles. The third-order valence-electron chi connectivity index (χ3n) is 3.44. The second-order valence-electron chi connectivity index (χ2n) is 4.78. The highest BCUT2D eigenvalue weighted by Gasteiger charge is 2.30. The number of anilines is 1. The van der Waals surface area contributed by atoms with Crippen LogP contribution >= 0.6 is 11.6 Å². The zero-order chi connectivity index (χ0) is 17.2. The Bertz CT molecular complexity index is 737. The summed E-state index contributed by atoms with van der Waals surface area (Å²) in [5.41, 5.74) is -0.642. The lowest BCUT2D eigenvalue weighted by atomic mass is 10.2. The molecular weight excluding hydrogens is 331 g/mol. The molecule has 0 bridgehead atoms. The van der Waals surface area contributed by atoms with Crippen molar-refractivity contribution in [1.82, 2.24) is 9.78 Å². The van der Waals surface area contributed by atoms with Crippen LogP contribution in [0.2, 0.25) is 5.02 Å². The largest absolute Gasteiger partial charge is 0.416 e. The summed E-state index contributed by atoms with van der Waals surface area (Å²) in [6.45, 7) is 5.14. The molecule has 1 aromatic heterocycles. The van der Waals surface area contributed by atoms with Gasteiger partial charge in [0.15, 0.2) is 0 Å². The predicted molar refractivity (Wildman–Crippen MR) is 83.4 cm³/mol. The summed E-state index contributed by atoms with van der Waals surface area (Å²) in [6.07, 6.45) is -2.99. The smallest absolute Gasteiger partial charge is 0.369 e. The van der Waals surface area contributed by atoms with Crippen LogP contribution in [0.4, 0.5) is 18.9 Å². The van der Waals surface area contributed by atoms with Gasteiger partial charge < -0.3 is 4.90 Å². The summed E-state index contributed by atoms with van der Waals surface area (Å²) in [6, 6.07) is 4.17. The Morgan fingerprint density at radius 2 is 1.74 bits per heavy atom. The molecule has 0 aliphatic carbocycles. The Labute approximate surface area is 136 Å². The highest BCUT2D eigenvalue weighted by atomic mass is 35.5. The summed E-state index contributed by atoms with van der Waals surface area (Å²) in [7, 11) is 0. The van der Waals surface area contributed by atoms with Gasteiger partial charge in [-0.25, -0.2) is 0 Å². The number of halogens is 4. The van der Waals surface area contributed by atoms with Gasteiger partial charge in [0.25, 0.3) is 5.56 Å². The molecule has 0 radical (unpaired) electrons. The Morgan fingerprint density at radius 3 is 2.22 bits per heavy atom. The van der Waals surface area contributed by atoms with E-state index in [-0.39, 0.29) is 10.7 Å². The molecular formula is C15H15ClF3N3O. The Kier molecular flexibility index (Phi) is 4.99. The maximum Gasteiger partial charge on any atom is 0.416 e. The second kappa shape index (κ2) is 6.62. The molecule has 23 heavy (non-hydrogen) atoms. The van der Waals surface area contributed by atoms with Crippen molar-refractivity contribution in [2.75, 3.05) is 18.0 Å². The normalized spacial score (nSPS) is 11.6. The Hall–Kier alpha value is -2.02. The van der Waals surface area contributed by atoms with Crippen molar-refractivity contribution in [3.63, 3.8) is 0 Å². The van der Waals surface area contributed by atoms with E-state index in [1.54, 1.807) is 0 Å². The minimum Gasteiger partial charge on any atom is -0.369 e. The number of nitrogens with zero attached hydrogens (tertiary/aromatic N) is 3. The van der Waals surface area contributed by atoms with Crippen LogP contribution in [0.5, 0.6) is 0 Å². The molecule has 0 saturated heterocycles. The number of aromatic nitrogens is 2. The lowest BCUT2D eigenvalue weighted by Crippen LogP contribution is -2.28. The standard InChI is InChI=1S/C15H15ClF3N3O/c1-3-21(4-2)12-9-20-22(14(23)13(12)16)11-7-5-10(6-8-11)15(17,18)19/h5-9H,3-4H2,1-2H3. The number of hydrogen-bond donors (Lipinski definition) is 0. The predicted octanol–water partition coefficient (Wildman–Crippen LogP) is 3.75. The maximum atomic E-state index is 12.6. The van der Waals surface area contributed by atoms with Crippen molar-refractivity contribution in [3.05, 3.63) is 51.4 Å². The fourth-order valence-electron chi connectivity index (χ4n) is 2.18. The second-order valence-corrected chi connectivity index (χ2v) is 5.16. The summed E-state index contributed by atoms with van der Waals surface area (Å²) in [4.78, 5) is 14.2. The monoisotopic (exact) mass is 345 g/mol. The van der Waals surface area contributed by atoms with Crippen molar-refractivity contribution < 1.29 is 13.2 Å². The van der Waals surface area contributed by atoms with Crippen LogP contribution in [-0.2, 0) is 6.18 Å². The number of alkyl halides is 3. The lowest BCUT2D eigenvalue weighted by Gasteiger charge is -2.21. The molecule has 0 saturated carbocycles. The van der Waals surface area contributed by atoms with Crippen LogP contribution in [0.25, 0.3) is 5.69 Å². The van der Waals surface area contributed by atoms with E-state index in [9.17, 15) is 18.0 Å². The van der Waals surface area contributed by atoms with E-state index in [2.05, 4.69) is 5.10 Å². The van der Waals surface area contributed by atoms with Gasteiger partial charge in [-0.15, -0.1) is 0 Å². The Balaban J connectivity index is 2.46. The number of hydrogen-bond acceptors (Lipinski definition) is 3. The molecule has 0 unspecified atom stereocenters. The van der Waals surface area contributed by atoms with Crippen molar-refractivity contribution in [3.8, 4) is 5.69 Å². The summed E-state index contributed by atoms with van der Waals surface area (Å²) < 4.78 is 38.7. The van der Waals surface area contributed by atoms with Crippen molar-refractivity contribution in [2.24, 2.45) is 0 Å². The van der Waals surface area contributed by atoms with Crippen LogP contribution < -0.4 is 10.5 Å². The molecule has 0 atom stereocenters. The molecule has 0 amide bonds. The SMILES string of the molecule is CCN(CC)c1cnn(-c2ccc(C(F)(F)F)cc2)c(=O)c1Cl.